The van der Waals surface area contributed by atoms with E-state index in [4.69, 9.17) is 5.11 Å². The standard InChI is InChI=1S/C15H16FN3O3/c16-11-6-9-12(18-8-10(14(9)20)15(21)22)7-13(11)19-4-1-2-17-3-5-19/h6-8,17H,1-5H2,(H,18,20)(H,21,22). The van der Waals surface area contributed by atoms with Crippen molar-refractivity contribution in [2.75, 3.05) is 31.1 Å². The van der Waals surface area contributed by atoms with Crippen LogP contribution in [0, 0.1) is 5.82 Å². The highest BCUT2D eigenvalue weighted by Gasteiger charge is 2.17. The molecule has 6 nitrogen and oxygen atoms in total. The highest BCUT2D eigenvalue weighted by atomic mass is 19.1. The summed E-state index contributed by atoms with van der Waals surface area (Å²) in [4.78, 5) is 27.8. The van der Waals surface area contributed by atoms with Gasteiger partial charge in [0.05, 0.1) is 11.2 Å². The third-order valence-corrected chi connectivity index (χ3v) is 3.86. The van der Waals surface area contributed by atoms with E-state index in [1.807, 2.05) is 4.90 Å². The number of fused-ring (bicyclic) bond motifs is 1. The Balaban J connectivity index is 2.11. The van der Waals surface area contributed by atoms with Crippen LogP contribution < -0.4 is 15.6 Å². The molecule has 1 aliphatic rings. The number of hydrogen-bond donors (Lipinski definition) is 3. The summed E-state index contributed by atoms with van der Waals surface area (Å²) in [5.41, 5.74) is -0.207. The Hall–Kier alpha value is -2.41. The number of hydrogen-bond acceptors (Lipinski definition) is 4. The number of aromatic nitrogens is 1. The third-order valence-electron chi connectivity index (χ3n) is 3.86. The number of pyridine rings is 1. The minimum atomic E-state index is -1.33. The van der Waals surface area contributed by atoms with Crippen LogP contribution in [0.2, 0.25) is 0 Å². The molecule has 2 heterocycles. The largest absolute Gasteiger partial charge is 0.477 e. The van der Waals surface area contributed by atoms with Gasteiger partial charge >= 0.3 is 5.97 Å². The van der Waals surface area contributed by atoms with E-state index in [1.165, 1.54) is 0 Å². The topological polar surface area (TPSA) is 85.4 Å². The van der Waals surface area contributed by atoms with Crippen LogP contribution in [0.15, 0.2) is 23.1 Å². The Kier molecular flexibility index (Phi) is 3.81. The number of benzene rings is 1. The number of nitrogens with zero attached hydrogens (tertiary/aromatic N) is 1. The molecule has 0 spiro atoms. The molecule has 22 heavy (non-hydrogen) atoms. The first-order chi connectivity index (χ1) is 10.6. The summed E-state index contributed by atoms with van der Waals surface area (Å²) in [5, 5.41) is 12.3. The number of carboxylic acid groups (broad SMARTS) is 1. The van der Waals surface area contributed by atoms with Gasteiger partial charge in [0.25, 0.3) is 0 Å². The van der Waals surface area contributed by atoms with Crippen LogP contribution in [0.5, 0.6) is 0 Å². The SMILES string of the molecule is O=C(O)c1c[nH]c2cc(N3CCCNCC3)c(F)cc2c1=O. The molecule has 7 heteroatoms. The van der Waals surface area contributed by atoms with Gasteiger partial charge in [-0.3, -0.25) is 4.79 Å². The molecule has 1 aliphatic heterocycles. The summed E-state index contributed by atoms with van der Waals surface area (Å²) in [5.74, 6) is -1.84. The van der Waals surface area contributed by atoms with E-state index in [0.29, 0.717) is 17.7 Å². The summed E-state index contributed by atoms with van der Waals surface area (Å²) < 4.78 is 14.4. The molecule has 0 radical (unpaired) electrons. The van der Waals surface area contributed by atoms with Gasteiger partial charge < -0.3 is 20.3 Å². The summed E-state index contributed by atoms with van der Waals surface area (Å²) in [7, 11) is 0. The minimum Gasteiger partial charge on any atom is -0.477 e. The molecule has 3 rings (SSSR count). The van der Waals surface area contributed by atoms with Crippen LogP contribution in [0.4, 0.5) is 10.1 Å². The van der Waals surface area contributed by atoms with Crippen molar-refractivity contribution in [1.82, 2.24) is 10.3 Å². The van der Waals surface area contributed by atoms with Crippen LogP contribution in [-0.4, -0.2) is 42.2 Å². The van der Waals surface area contributed by atoms with Crippen LogP contribution >= 0.6 is 0 Å². The van der Waals surface area contributed by atoms with Gasteiger partial charge in [0.2, 0.25) is 5.43 Å². The lowest BCUT2D eigenvalue weighted by molar-refractivity contribution is 0.0695. The molecule has 1 fully saturated rings. The normalized spacial score (nSPS) is 15.8. The molecule has 0 aliphatic carbocycles. The van der Waals surface area contributed by atoms with Gasteiger partial charge in [-0.2, -0.15) is 0 Å². The molecule has 1 aromatic heterocycles. The predicted molar refractivity (Wildman–Crippen MR) is 81.2 cm³/mol. The molecule has 1 saturated heterocycles. The van der Waals surface area contributed by atoms with Gasteiger partial charge in [0, 0.05) is 31.2 Å². The first-order valence-corrected chi connectivity index (χ1v) is 7.12. The van der Waals surface area contributed by atoms with Crippen molar-refractivity contribution in [2.45, 2.75) is 6.42 Å². The molecular formula is C15H16FN3O3. The molecule has 3 N–H and O–H groups in total. The maximum Gasteiger partial charge on any atom is 0.341 e. The van der Waals surface area contributed by atoms with Crippen molar-refractivity contribution in [1.29, 1.82) is 0 Å². The van der Waals surface area contributed by atoms with Crippen molar-refractivity contribution in [3.63, 3.8) is 0 Å². The van der Waals surface area contributed by atoms with Crippen molar-refractivity contribution in [3.05, 3.63) is 39.9 Å². The number of carbonyl (C=O) groups is 1. The Morgan fingerprint density at radius 2 is 2.09 bits per heavy atom. The number of carboxylic acids is 1. The van der Waals surface area contributed by atoms with Crippen molar-refractivity contribution in [2.24, 2.45) is 0 Å². The van der Waals surface area contributed by atoms with E-state index >= 15 is 0 Å². The Bertz CT molecular complexity index is 779. The molecule has 116 valence electrons. The second-order valence-corrected chi connectivity index (χ2v) is 5.28. The summed E-state index contributed by atoms with van der Waals surface area (Å²) in [6, 6.07) is 2.69. The molecule has 0 bridgehead atoms. The zero-order valence-corrected chi connectivity index (χ0v) is 11.9. The molecule has 0 unspecified atom stereocenters. The number of anilines is 1. The molecule has 0 amide bonds. The third kappa shape index (κ3) is 2.55. The fourth-order valence-electron chi connectivity index (χ4n) is 2.72. The van der Waals surface area contributed by atoms with E-state index in [0.717, 1.165) is 38.3 Å². The molecule has 2 aromatic rings. The Morgan fingerprint density at radius 3 is 2.86 bits per heavy atom. The lowest BCUT2D eigenvalue weighted by atomic mass is 10.1. The number of H-pyrrole nitrogens is 1. The van der Waals surface area contributed by atoms with E-state index < -0.39 is 22.8 Å². The second-order valence-electron chi connectivity index (χ2n) is 5.28. The van der Waals surface area contributed by atoms with Gasteiger partial charge in [-0.15, -0.1) is 0 Å². The molecular weight excluding hydrogens is 289 g/mol. The zero-order chi connectivity index (χ0) is 15.7. The number of aromatic carboxylic acids is 1. The maximum absolute atomic E-state index is 14.4. The summed E-state index contributed by atoms with van der Waals surface area (Å²) >= 11 is 0. The van der Waals surface area contributed by atoms with Crippen LogP contribution in [0.25, 0.3) is 10.9 Å². The molecule has 1 aromatic carbocycles. The maximum atomic E-state index is 14.4. The Labute approximate surface area is 125 Å². The van der Waals surface area contributed by atoms with Gasteiger partial charge in [0.15, 0.2) is 0 Å². The fourth-order valence-corrected chi connectivity index (χ4v) is 2.72. The summed E-state index contributed by atoms with van der Waals surface area (Å²) in [6.45, 7) is 3.07. The quantitative estimate of drug-likeness (QED) is 0.775. The monoisotopic (exact) mass is 305 g/mol. The van der Waals surface area contributed by atoms with E-state index in [9.17, 15) is 14.0 Å². The van der Waals surface area contributed by atoms with Gasteiger partial charge in [-0.1, -0.05) is 0 Å². The van der Waals surface area contributed by atoms with Crippen molar-refractivity contribution < 1.29 is 14.3 Å². The van der Waals surface area contributed by atoms with Crippen molar-refractivity contribution >= 4 is 22.6 Å². The van der Waals surface area contributed by atoms with E-state index in [-0.39, 0.29) is 5.39 Å². The van der Waals surface area contributed by atoms with Crippen LogP contribution in [-0.2, 0) is 0 Å². The predicted octanol–water partition coefficient (Wildman–Crippen LogP) is 1.17. The average molecular weight is 305 g/mol. The number of aromatic amines is 1. The zero-order valence-electron chi connectivity index (χ0n) is 11.9. The highest BCUT2D eigenvalue weighted by Crippen LogP contribution is 2.24. The Morgan fingerprint density at radius 1 is 1.27 bits per heavy atom. The second kappa shape index (κ2) is 5.76. The number of rotatable bonds is 2. The molecule has 0 saturated carbocycles. The fraction of sp³-hybridized carbons (Fsp3) is 0.333. The van der Waals surface area contributed by atoms with E-state index in [2.05, 4.69) is 10.3 Å². The lowest BCUT2D eigenvalue weighted by Gasteiger charge is -2.23. The van der Waals surface area contributed by atoms with Gasteiger partial charge in [0.1, 0.15) is 11.4 Å². The first-order valence-electron chi connectivity index (χ1n) is 7.12. The van der Waals surface area contributed by atoms with Crippen LogP contribution in [0.3, 0.4) is 0 Å². The smallest absolute Gasteiger partial charge is 0.341 e. The first kappa shape index (κ1) is 14.5. The van der Waals surface area contributed by atoms with Crippen molar-refractivity contribution in [3.8, 4) is 0 Å². The number of halogens is 1. The molecule has 0 atom stereocenters. The van der Waals surface area contributed by atoms with Crippen LogP contribution in [0.1, 0.15) is 16.8 Å². The number of nitrogens with one attached hydrogen (secondary N) is 2. The lowest BCUT2D eigenvalue weighted by Crippen LogP contribution is -2.28. The van der Waals surface area contributed by atoms with Gasteiger partial charge in [-0.25, -0.2) is 9.18 Å². The summed E-state index contributed by atoms with van der Waals surface area (Å²) in [6.07, 6.45) is 2.06. The van der Waals surface area contributed by atoms with Gasteiger partial charge in [-0.05, 0) is 25.1 Å². The minimum absolute atomic E-state index is 0.0501. The van der Waals surface area contributed by atoms with E-state index in [1.54, 1.807) is 6.07 Å². The highest BCUT2D eigenvalue weighted by molar-refractivity contribution is 5.93. The average Bonchev–Trinajstić information content (AvgIpc) is 2.76.